The van der Waals surface area contributed by atoms with Crippen LogP contribution in [0.2, 0.25) is 0 Å². The van der Waals surface area contributed by atoms with Crippen molar-refractivity contribution in [2.75, 3.05) is 6.61 Å². The Balaban J connectivity index is 2.44. The van der Waals surface area contributed by atoms with E-state index in [2.05, 4.69) is 13.0 Å². The van der Waals surface area contributed by atoms with Gasteiger partial charge in [0.2, 0.25) is 0 Å². The summed E-state index contributed by atoms with van der Waals surface area (Å²) in [6.45, 7) is 2.98. The summed E-state index contributed by atoms with van der Waals surface area (Å²) in [6.07, 6.45) is 2.18. The molecular weight excluding hydrogens is 174 g/mol. The Hall–Kier alpha value is -1.49. The van der Waals surface area contributed by atoms with Gasteiger partial charge in [-0.3, -0.25) is 0 Å². The van der Waals surface area contributed by atoms with Crippen LogP contribution < -0.4 is 4.74 Å². The summed E-state index contributed by atoms with van der Waals surface area (Å²) in [5.41, 5.74) is 1.94. The molecule has 1 atom stereocenters. The highest BCUT2D eigenvalue weighted by molar-refractivity contribution is 5.44. The molecule has 1 aromatic rings. The van der Waals surface area contributed by atoms with Gasteiger partial charge in [-0.25, -0.2) is 0 Å². The minimum atomic E-state index is 0.562. The monoisotopic (exact) mass is 187 g/mol. The molecule has 0 saturated carbocycles. The van der Waals surface area contributed by atoms with Crippen LogP contribution in [0, 0.1) is 11.3 Å². The molecule has 1 unspecified atom stereocenters. The molecule has 1 aliphatic rings. The summed E-state index contributed by atoms with van der Waals surface area (Å²) in [5.74, 6) is 1.52. The van der Waals surface area contributed by atoms with Crippen LogP contribution in [-0.4, -0.2) is 6.61 Å². The largest absolute Gasteiger partial charge is 0.493 e. The third kappa shape index (κ3) is 1.46. The highest BCUT2D eigenvalue weighted by Gasteiger charge is 2.19. The second kappa shape index (κ2) is 3.71. The number of nitriles is 1. The molecule has 2 rings (SSSR count). The number of benzene rings is 1. The van der Waals surface area contributed by atoms with E-state index in [1.54, 1.807) is 0 Å². The molecule has 1 heterocycles. The topological polar surface area (TPSA) is 33.0 Å². The van der Waals surface area contributed by atoms with Crippen LogP contribution in [0.4, 0.5) is 0 Å². The van der Waals surface area contributed by atoms with Gasteiger partial charge in [0.15, 0.2) is 0 Å². The van der Waals surface area contributed by atoms with E-state index in [0.717, 1.165) is 30.8 Å². The van der Waals surface area contributed by atoms with Gasteiger partial charge in [-0.1, -0.05) is 6.92 Å². The highest BCUT2D eigenvalue weighted by Crippen LogP contribution is 2.35. The Labute approximate surface area is 84.1 Å². The fourth-order valence-corrected chi connectivity index (χ4v) is 1.96. The van der Waals surface area contributed by atoms with Gasteiger partial charge in [0.1, 0.15) is 5.75 Å². The predicted octanol–water partition coefficient (Wildman–Crippen LogP) is 2.83. The molecule has 0 saturated heterocycles. The van der Waals surface area contributed by atoms with Crippen LogP contribution in [0.5, 0.6) is 5.75 Å². The van der Waals surface area contributed by atoms with Crippen molar-refractivity contribution in [1.82, 2.24) is 0 Å². The summed E-state index contributed by atoms with van der Waals surface area (Å²) >= 11 is 0. The van der Waals surface area contributed by atoms with Crippen LogP contribution in [0.15, 0.2) is 18.2 Å². The Morgan fingerprint density at radius 1 is 1.57 bits per heavy atom. The van der Waals surface area contributed by atoms with Crippen molar-refractivity contribution in [1.29, 1.82) is 5.26 Å². The van der Waals surface area contributed by atoms with Gasteiger partial charge in [0.05, 0.1) is 18.2 Å². The lowest BCUT2D eigenvalue weighted by molar-refractivity contribution is 0.265. The van der Waals surface area contributed by atoms with Crippen molar-refractivity contribution in [2.24, 2.45) is 0 Å². The van der Waals surface area contributed by atoms with E-state index in [9.17, 15) is 0 Å². The van der Waals surface area contributed by atoms with Gasteiger partial charge in [-0.2, -0.15) is 5.26 Å². The predicted molar refractivity (Wildman–Crippen MR) is 54.3 cm³/mol. The average Bonchev–Trinajstić information content (AvgIpc) is 2.27. The molecular formula is C12H13NO. The van der Waals surface area contributed by atoms with Gasteiger partial charge in [0.25, 0.3) is 0 Å². The molecule has 72 valence electrons. The van der Waals surface area contributed by atoms with Crippen LogP contribution in [0.1, 0.15) is 36.8 Å². The van der Waals surface area contributed by atoms with Gasteiger partial charge >= 0.3 is 0 Å². The molecule has 0 fully saturated rings. The van der Waals surface area contributed by atoms with Gasteiger partial charge in [-0.15, -0.1) is 0 Å². The Kier molecular flexibility index (Phi) is 2.41. The average molecular weight is 187 g/mol. The first-order chi connectivity index (χ1) is 6.85. The van der Waals surface area contributed by atoms with Crippen molar-refractivity contribution in [3.8, 4) is 11.8 Å². The van der Waals surface area contributed by atoms with E-state index >= 15 is 0 Å². The molecule has 0 bridgehead atoms. The maximum atomic E-state index is 8.81. The fourth-order valence-electron chi connectivity index (χ4n) is 1.96. The minimum absolute atomic E-state index is 0.562. The summed E-state index contributed by atoms with van der Waals surface area (Å²) in [4.78, 5) is 0. The normalized spacial score (nSPS) is 19.3. The molecule has 1 aliphatic heterocycles. The number of ether oxygens (including phenoxy) is 1. The molecule has 0 radical (unpaired) electrons. The van der Waals surface area contributed by atoms with E-state index in [1.807, 2.05) is 18.2 Å². The van der Waals surface area contributed by atoms with Crippen molar-refractivity contribution in [3.63, 3.8) is 0 Å². The number of hydrogen-bond acceptors (Lipinski definition) is 2. The molecule has 2 heteroatoms. The minimum Gasteiger partial charge on any atom is -0.493 e. The Morgan fingerprint density at radius 3 is 3.14 bits per heavy atom. The number of rotatable bonds is 1. The maximum absolute atomic E-state index is 8.81. The van der Waals surface area contributed by atoms with Gasteiger partial charge in [-0.05, 0) is 42.5 Å². The lowest BCUT2D eigenvalue weighted by Crippen LogP contribution is -2.13. The second-order valence-corrected chi connectivity index (χ2v) is 3.61. The third-order valence-corrected chi connectivity index (χ3v) is 2.80. The molecule has 0 aromatic heterocycles. The van der Waals surface area contributed by atoms with E-state index in [-0.39, 0.29) is 0 Å². The van der Waals surface area contributed by atoms with Crippen molar-refractivity contribution in [3.05, 3.63) is 29.3 Å². The zero-order chi connectivity index (χ0) is 9.97. The quantitative estimate of drug-likeness (QED) is 0.677. The Bertz CT molecular complexity index is 378. The number of fused-ring (bicyclic) bond motifs is 1. The lowest BCUT2D eigenvalue weighted by atomic mass is 9.90. The standard InChI is InChI=1S/C12H13NO/c1-2-10-5-6-14-12-4-3-9(8-13)7-11(10)12/h3-4,7,10H,2,5-6H2,1H3. The van der Waals surface area contributed by atoms with Crippen LogP contribution in [0.3, 0.4) is 0 Å². The van der Waals surface area contributed by atoms with E-state index in [1.165, 1.54) is 5.56 Å². The molecule has 2 nitrogen and oxygen atoms in total. The second-order valence-electron chi connectivity index (χ2n) is 3.61. The molecule has 14 heavy (non-hydrogen) atoms. The highest BCUT2D eigenvalue weighted by atomic mass is 16.5. The summed E-state index contributed by atoms with van der Waals surface area (Å²) in [6, 6.07) is 7.86. The number of nitrogens with zero attached hydrogens (tertiary/aromatic N) is 1. The smallest absolute Gasteiger partial charge is 0.122 e. The van der Waals surface area contributed by atoms with Crippen LogP contribution in [0.25, 0.3) is 0 Å². The molecule has 0 spiro atoms. The summed E-state index contributed by atoms with van der Waals surface area (Å²) in [5, 5.41) is 8.81. The lowest BCUT2D eigenvalue weighted by Gasteiger charge is -2.24. The molecule has 0 aliphatic carbocycles. The zero-order valence-electron chi connectivity index (χ0n) is 8.29. The maximum Gasteiger partial charge on any atom is 0.122 e. The SMILES string of the molecule is CCC1CCOc2ccc(C#N)cc21. The van der Waals surface area contributed by atoms with E-state index < -0.39 is 0 Å². The third-order valence-electron chi connectivity index (χ3n) is 2.80. The molecule has 1 aromatic carbocycles. The summed E-state index contributed by atoms with van der Waals surface area (Å²) in [7, 11) is 0. The van der Waals surface area contributed by atoms with Crippen molar-refractivity contribution < 1.29 is 4.74 Å². The van der Waals surface area contributed by atoms with E-state index in [0.29, 0.717) is 5.92 Å². The van der Waals surface area contributed by atoms with Gasteiger partial charge < -0.3 is 4.74 Å². The zero-order valence-corrected chi connectivity index (χ0v) is 8.29. The fraction of sp³-hybridized carbons (Fsp3) is 0.417. The first-order valence-corrected chi connectivity index (χ1v) is 5.02. The van der Waals surface area contributed by atoms with Crippen molar-refractivity contribution in [2.45, 2.75) is 25.7 Å². The molecule has 0 amide bonds. The first-order valence-electron chi connectivity index (χ1n) is 5.02. The van der Waals surface area contributed by atoms with E-state index in [4.69, 9.17) is 10.00 Å². The summed E-state index contributed by atoms with van der Waals surface area (Å²) < 4.78 is 5.55. The molecule has 0 N–H and O–H groups in total. The van der Waals surface area contributed by atoms with Crippen molar-refractivity contribution >= 4 is 0 Å². The van der Waals surface area contributed by atoms with Gasteiger partial charge in [0, 0.05) is 0 Å². The first kappa shape index (κ1) is 9.08. The number of hydrogen-bond donors (Lipinski definition) is 0. The van der Waals surface area contributed by atoms with Crippen LogP contribution in [-0.2, 0) is 0 Å². The Morgan fingerprint density at radius 2 is 2.43 bits per heavy atom. The van der Waals surface area contributed by atoms with Crippen LogP contribution >= 0.6 is 0 Å².